The van der Waals surface area contributed by atoms with Crippen molar-refractivity contribution in [2.75, 3.05) is 13.7 Å². The Morgan fingerprint density at radius 2 is 1.88 bits per heavy atom. The molecule has 0 radical (unpaired) electrons. The van der Waals surface area contributed by atoms with Gasteiger partial charge in [-0.15, -0.1) is 0 Å². The summed E-state index contributed by atoms with van der Waals surface area (Å²) in [6, 6.07) is 7.84. The van der Waals surface area contributed by atoms with Gasteiger partial charge in [0.1, 0.15) is 11.5 Å². The van der Waals surface area contributed by atoms with E-state index < -0.39 is 0 Å². The van der Waals surface area contributed by atoms with Gasteiger partial charge in [0, 0.05) is 6.07 Å². The van der Waals surface area contributed by atoms with Crippen LogP contribution in [0.1, 0.15) is 32.1 Å². The Balaban J connectivity index is 1.83. The molecule has 0 atom stereocenters. The maximum absolute atomic E-state index is 5.81. The van der Waals surface area contributed by atoms with Gasteiger partial charge in [0.2, 0.25) is 0 Å². The summed E-state index contributed by atoms with van der Waals surface area (Å²) in [6.45, 7) is 0.854. The topological polar surface area (TPSA) is 18.5 Å². The molecular weight excluding hydrogens is 200 g/mol. The van der Waals surface area contributed by atoms with Crippen molar-refractivity contribution in [2.45, 2.75) is 32.1 Å². The Labute approximate surface area is 97.6 Å². The van der Waals surface area contributed by atoms with E-state index in [0.29, 0.717) is 0 Å². The molecule has 0 aliphatic heterocycles. The van der Waals surface area contributed by atoms with Crippen LogP contribution in [0.3, 0.4) is 0 Å². The van der Waals surface area contributed by atoms with E-state index in [0.717, 1.165) is 24.0 Å². The van der Waals surface area contributed by atoms with Crippen molar-refractivity contribution in [3.63, 3.8) is 0 Å². The van der Waals surface area contributed by atoms with E-state index >= 15 is 0 Å². The first-order valence-electron chi connectivity index (χ1n) is 6.15. The number of hydrogen-bond donors (Lipinski definition) is 0. The smallest absolute Gasteiger partial charge is 0.122 e. The Bertz CT molecular complexity index is 316. The average molecular weight is 220 g/mol. The first-order chi connectivity index (χ1) is 7.88. The second-order valence-electron chi connectivity index (χ2n) is 4.49. The van der Waals surface area contributed by atoms with Crippen molar-refractivity contribution >= 4 is 0 Å². The Morgan fingerprint density at radius 3 is 2.62 bits per heavy atom. The van der Waals surface area contributed by atoms with Crippen molar-refractivity contribution < 1.29 is 9.47 Å². The Morgan fingerprint density at radius 1 is 1.12 bits per heavy atom. The summed E-state index contributed by atoms with van der Waals surface area (Å²) in [4.78, 5) is 0. The minimum atomic E-state index is 0.750. The minimum Gasteiger partial charge on any atom is -0.497 e. The highest BCUT2D eigenvalue weighted by Crippen LogP contribution is 2.25. The number of hydrogen-bond acceptors (Lipinski definition) is 2. The Kier molecular flexibility index (Phi) is 4.09. The quantitative estimate of drug-likeness (QED) is 0.771. The average Bonchev–Trinajstić information content (AvgIpc) is 2.38. The molecule has 88 valence electrons. The summed E-state index contributed by atoms with van der Waals surface area (Å²) in [5.74, 6) is 2.53. The summed E-state index contributed by atoms with van der Waals surface area (Å²) in [5.41, 5.74) is 0. The fourth-order valence-corrected chi connectivity index (χ4v) is 2.26. The van der Waals surface area contributed by atoms with E-state index in [1.807, 2.05) is 24.3 Å². The zero-order valence-corrected chi connectivity index (χ0v) is 9.95. The van der Waals surface area contributed by atoms with Crippen LogP contribution in [0.15, 0.2) is 24.3 Å². The van der Waals surface area contributed by atoms with Gasteiger partial charge in [-0.25, -0.2) is 0 Å². The molecule has 0 saturated heterocycles. The third-order valence-electron chi connectivity index (χ3n) is 3.25. The zero-order valence-electron chi connectivity index (χ0n) is 9.95. The largest absolute Gasteiger partial charge is 0.497 e. The van der Waals surface area contributed by atoms with Gasteiger partial charge in [0.25, 0.3) is 0 Å². The minimum absolute atomic E-state index is 0.750. The molecule has 2 heteroatoms. The van der Waals surface area contributed by atoms with Crippen LogP contribution in [0.25, 0.3) is 0 Å². The van der Waals surface area contributed by atoms with Crippen LogP contribution in [-0.2, 0) is 0 Å². The fraction of sp³-hybridized carbons (Fsp3) is 0.571. The van der Waals surface area contributed by atoms with Crippen molar-refractivity contribution in [1.29, 1.82) is 0 Å². The number of methoxy groups -OCH3 is 1. The third-order valence-corrected chi connectivity index (χ3v) is 3.25. The van der Waals surface area contributed by atoms with Gasteiger partial charge in [-0.1, -0.05) is 25.3 Å². The van der Waals surface area contributed by atoms with E-state index in [9.17, 15) is 0 Å². The van der Waals surface area contributed by atoms with E-state index in [4.69, 9.17) is 9.47 Å². The molecule has 1 fully saturated rings. The van der Waals surface area contributed by atoms with Gasteiger partial charge in [-0.05, 0) is 30.9 Å². The monoisotopic (exact) mass is 220 g/mol. The highest BCUT2D eigenvalue weighted by Gasteiger charge is 2.13. The first kappa shape index (κ1) is 11.3. The maximum Gasteiger partial charge on any atom is 0.122 e. The predicted octanol–water partition coefficient (Wildman–Crippen LogP) is 3.65. The van der Waals surface area contributed by atoms with Crippen LogP contribution in [0, 0.1) is 5.92 Å². The van der Waals surface area contributed by atoms with Crippen molar-refractivity contribution in [1.82, 2.24) is 0 Å². The fourth-order valence-electron chi connectivity index (χ4n) is 2.26. The first-order valence-corrected chi connectivity index (χ1v) is 6.15. The van der Waals surface area contributed by atoms with Crippen molar-refractivity contribution in [3.8, 4) is 11.5 Å². The number of rotatable bonds is 4. The molecule has 1 aromatic carbocycles. The second kappa shape index (κ2) is 5.78. The van der Waals surface area contributed by atoms with Crippen LogP contribution >= 0.6 is 0 Å². The highest BCUT2D eigenvalue weighted by molar-refractivity contribution is 5.32. The summed E-state index contributed by atoms with van der Waals surface area (Å²) in [5, 5.41) is 0. The maximum atomic E-state index is 5.81. The predicted molar refractivity (Wildman–Crippen MR) is 65.1 cm³/mol. The molecule has 0 bridgehead atoms. The van der Waals surface area contributed by atoms with Gasteiger partial charge in [-0.2, -0.15) is 0 Å². The Hall–Kier alpha value is -1.18. The molecular formula is C14H20O2. The molecule has 0 amide bonds. The van der Waals surface area contributed by atoms with Gasteiger partial charge in [0.15, 0.2) is 0 Å². The van der Waals surface area contributed by atoms with Crippen LogP contribution in [0.2, 0.25) is 0 Å². The third kappa shape index (κ3) is 3.16. The number of ether oxygens (including phenoxy) is 2. The molecule has 0 unspecified atom stereocenters. The van der Waals surface area contributed by atoms with Crippen LogP contribution < -0.4 is 9.47 Å². The normalized spacial score (nSPS) is 17.1. The van der Waals surface area contributed by atoms with Gasteiger partial charge < -0.3 is 9.47 Å². The van der Waals surface area contributed by atoms with E-state index in [2.05, 4.69) is 0 Å². The number of benzene rings is 1. The van der Waals surface area contributed by atoms with E-state index in [-0.39, 0.29) is 0 Å². The highest BCUT2D eigenvalue weighted by atomic mass is 16.5. The van der Waals surface area contributed by atoms with Gasteiger partial charge in [0.05, 0.1) is 13.7 Å². The molecule has 0 spiro atoms. The summed E-state index contributed by atoms with van der Waals surface area (Å²) in [7, 11) is 1.68. The summed E-state index contributed by atoms with van der Waals surface area (Å²) in [6.07, 6.45) is 6.78. The standard InChI is InChI=1S/C14H20O2/c1-15-13-8-5-9-14(10-13)16-11-12-6-3-2-4-7-12/h5,8-10,12H,2-4,6-7,11H2,1H3. The molecule has 0 heterocycles. The van der Waals surface area contributed by atoms with E-state index in [1.54, 1.807) is 7.11 Å². The molecule has 0 N–H and O–H groups in total. The lowest BCUT2D eigenvalue weighted by Gasteiger charge is -2.21. The lowest BCUT2D eigenvalue weighted by molar-refractivity contribution is 0.208. The molecule has 16 heavy (non-hydrogen) atoms. The van der Waals surface area contributed by atoms with Crippen LogP contribution in [0.5, 0.6) is 11.5 Å². The molecule has 2 rings (SSSR count). The molecule has 2 nitrogen and oxygen atoms in total. The van der Waals surface area contributed by atoms with E-state index in [1.165, 1.54) is 32.1 Å². The lowest BCUT2D eigenvalue weighted by atomic mass is 9.90. The zero-order chi connectivity index (χ0) is 11.2. The molecule has 1 aliphatic rings. The summed E-state index contributed by atoms with van der Waals surface area (Å²) >= 11 is 0. The molecule has 1 aromatic rings. The SMILES string of the molecule is COc1cccc(OCC2CCCCC2)c1. The van der Waals surface area contributed by atoms with Crippen molar-refractivity contribution in [2.24, 2.45) is 5.92 Å². The van der Waals surface area contributed by atoms with Crippen LogP contribution in [-0.4, -0.2) is 13.7 Å². The van der Waals surface area contributed by atoms with Crippen LogP contribution in [0.4, 0.5) is 0 Å². The van der Waals surface area contributed by atoms with Gasteiger partial charge in [-0.3, -0.25) is 0 Å². The second-order valence-corrected chi connectivity index (χ2v) is 4.49. The summed E-state index contributed by atoms with van der Waals surface area (Å²) < 4.78 is 11.0. The molecule has 1 aliphatic carbocycles. The lowest BCUT2D eigenvalue weighted by Crippen LogP contribution is -2.15. The van der Waals surface area contributed by atoms with Crippen molar-refractivity contribution in [3.05, 3.63) is 24.3 Å². The van der Waals surface area contributed by atoms with Gasteiger partial charge >= 0.3 is 0 Å². The molecule has 0 aromatic heterocycles. The molecule has 1 saturated carbocycles.